The summed E-state index contributed by atoms with van der Waals surface area (Å²) in [4.78, 5) is 0. The van der Waals surface area contributed by atoms with E-state index in [0.29, 0.717) is 12.0 Å². The van der Waals surface area contributed by atoms with Gasteiger partial charge in [0.25, 0.3) is 5.65 Å². The third-order valence-electron chi connectivity index (χ3n) is 7.65. The first-order valence-corrected chi connectivity index (χ1v) is 10.3. The van der Waals surface area contributed by atoms with Crippen LogP contribution in [-0.2, 0) is 11.8 Å². The zero-order chi connectivity index (χ0) is 18.8. The van der Waals surface area contributed by atoms with Crippen LogP contribution in [0.3, 0.4) is 0 Å². The van der Waals surface area contributed by atoms with Crippen LogP contribution in [0.5, 0.6) is 0 Å². The molecule has 0 saturated heterocycles. The van der Waals surface area contributed by atoms with Crippen LogP contribution in [0, 0.1) is 13.8 Å². The third-order valence-corrected chi connectivity index (χ3v) is 7.65. The minimum atomic E-state index is 0.157. The van der Waals surface area contributed by atoms with Crippen molar-refractivity contribution in [3.8, 4) is 0 Å². The fraction of sp³-hybridized carbons (Fsp3) is 0.400. The summed E-state index contributed by atoms with van der Waals surface area (Å²) in [5, 5.41) is 4.36. The first-order chi connectivity index (χ1) is 12.8. The van der Waals surface area contributed by atoms with E-state index in [-0.39, 0.29) is 5.41 Å². The van der Waals surface area contributed by atoms with Crippen molar-refractivity contribution in [3.05, 3.63) is 58.4 Å². The molecular weight excluding hydrogens is 328 g/mol. The highest BCUT2D eigenvalue weighted by Gasteiger charge is 2.43. The van der Waals surface area contributed by atoms with E-state index in [4.69, 9.17) is 0 Å². The van der Waals surface area contributed by atoms with Gasteiger partial charge in [-0.2, -0.15) is 4.40 Å². The molecule has 2 heteroatoms. The fourth-order valence-corrected chi connectivity index (χ4v) is 6.09. The lowest BCUT2D eigenvalue weighted by Crippen LogP contribution is -2.39. The fourth-order valence-electron chi connectivity index (χ4n) is 6.09. The summed E-state index contributed by atoms with van der Waals surface area (Å²) in [6, 6.07) is 12.2. The average molecular weight is 356 g/mol. The monoisotopic (exact) mass is 355 g/mol. The number of aryl methyl sites for hydroxylation is 1. The zero-order valence-corrected chi connectivity index (χ0v) is 17.1. The van der Waals surface area contributed by atoms with Crippen LogP contribution in [0.15, 0.2) is 30.3 Å². The number of imidazole rings is 1. The van der Waals surface area contributed by atoms with Crippen molar-refractivity contribution in [1.82, 2.24) is 4.57 Å². The van der Waals surface area contributed by atoms with E-state index in [2.05, 4.69) is 80.8 Å². The van der Waals surface area contributed by atoms with Gasteiger partial charge in [0.15, 0.2) is 5.69 Å². The number of fused-ring (bicyclic) bond motifs is 1. The summed E-state index contributed by atoms with van der Waals surface area (Å²) < 4.78 is 5.27. The van der Waals surface area contributed by atoms with Gasteiger partial charge in [-0.05, 0) is 25.0 Å². The van der Waals surface area contributed by atoms with Crippen molar-refractivity contribution < 1.29 is 4.40 Å². The number of pyridine rings is 1. The van der Waals surface area contributed by atoms with Gasteiger partial charge in [0, 0.05) is 41.0 Å². The van der Waals surface area contributed by atoms with Gasteiger partial charge in [0.05, 0.1) is 5.39 Å². The molecule has 4 aromatic rings. The normalized spacial score (nSPS) is 22.6. The van der Waals surface area contributed by atoms with Gasteiger partial charge in [0.1, 0.15) is 17.3 Å². The van der Waals surface area contributed by atoms with Crippen molar-refractivity contribution >= 4 is 27.3 Å². The molecule has 2 aliphatic heterocycles. The quantitative estimate of drug-likeness (QED) is 0.284. The highest BCUT2D eigenvalue weighted by Crippen LogP contribution is 2.47. The lowest BCUT2D eigenvalue weighted by molar-refractivity contribution is -0.494. The molecule has 2 unspecified atom stereocenters. The maximum Gasteiger partial charge on any atom is 0.295 e. The molecule has 4 heterocycles. The largest absolute Gasteiger partial charge is 0.295 e. The van der Waals surface area contributed by atoms with Crippen LogP contribution in [0.4, 0.5) is 0 Å². The third kappa shape index (κ3) is 1.58. The zero-order valence-electron chi connectivity index (χ0n) is 17.1. The smallest absolute Gasteiger partial charge is 0.224 e. The van der Waals surface area contributed by atoms with Crippen molar-refractivity contribution in [3.63, 3.8) is 0 Å². The number of hydrogen-bond donors (Lipinski definition) is 0. The molecule has 2 nitrogen and oxygen atoms in total. The van der Waals surface area contributed by atoms with Crippen molar-refractivity contribution in [2.24, 2.45) is 0 Å². The molecular formula is C25H27N2+. The minimum Gasteiger partial charge on any atom is -0.224 e. The van der Waals surface area contributed by atoms with Crippen LogP contribution < -0.4 is 4.40 Å². The predicted molar refractivity (Wildman–Crippen MR) is 112 cm³/mol. The molecule has 0 N–H and O–H groups in total. The highest BCUT2D eigenvalue weighted by atomic mass is 15.2. The summed E-state index contributed by atoms with van der Waals surface area (Å²) in [7, 11) is 0. The van der Waals surface area contributed by atoms with Gasteiger partial charge in [-0.15, -0.1) is 0 Å². The SMILES string of the molecule is Cc1ccc2c3c1c1cccc4c1c1n(c(C)c([n+]31)CC2(C)C)C(C)C4C. The van der Waals surface area contributed by atoms with E-state index in [0.717, 1.165) is 6.42 Å². The van der Waals surface area contributed by atoms with Gasteiger partial charge in [-0.25, -0.2) is 4.57 Å². The van der Waals surface area contributed by atoms with E-state index < -0.39 is 0 Å². The summed E-state index contributed by atoms with van der Waals surface area (Å²) in [5.41, 5.74) is 10.4. The summed E-state index contributed by atoms with van der Waals surface area (Å²) in [6.07, 6.45) is 1.10. The van der Waals surface area contributed by atoms with E-state index in [1.54, 1.807) is 0 Å². The Morgan fingerprint density at radius 2 is 1.81 bits per heavy atom. The van der Waals surface area contributed by atoms with Gasteiger partial charge in [-0.1, -0.05) is 51.1 Å². The van der Waals surface area contributed by atoms with E-state index >= 15 is 0 Å². The first kappa shape index (κ1) is 15.7. The van der Waals surface area contributed by atoms with Crippen LogP contribution in [0.2, 0.25) is 0 Å². The minimum absolute atomic E-state index is 0.157. The molecule has 0 aliphatic carbocycles. The van der Waals surface area contributed by atoms with Crippen LogP contribution in [-0.4, -0.2) is 4.57 Å². The van der Waals surface area contributed by atoms with Gasteiger partial charge in [0.2, 0.25) is 0 Å². The van der Waals surface area contributed by atoms with Gasteiger partial charge >= 0.3 is 0 Å². The molecule has 27 heavy (non-hydrogen) atoms. The molecule has 6 rings (SSSR count). The first-order valence-electron chi connectivity index (χ1n) is 10.3. The second-order valence-corrected chi connectivity index (χ2v) is 9.57. The summed E-state index contributed by atoms with van der Waals surface area (Å²) in [6.45, 7) is 14.2. The Bertz CT molecular complexity index is 1320. The molecule has 0 saturated carbocycles. The van der Waals surface area contributed by atoms with Crippen LogP contribution in [0.25, 0.3) is 27.3 Å². The molecule has 2 aliphatic rings. The second-order valence-electron chi connectivity index (χ2n) is 9.57. The predicted octanol–water partition coefficient (Wildman–Crippen LogP) is 5.66. The Morgan fingerprint density at radius 3 is 2.59 bits per heavy atom. The lowest BCUT2D eigenvalue weighted by Gasteiger charge is -2.30. The van der Waals surface area contributed by atoms with E-state index in [1.165, 1.54) is 55.4 Å². The van der Waals surface area contributed by atoms with Crippen molar-refractivity contribution in [1.29, 1.82) is 0 Å². The molecule has 2 aromatic heterocycles. The second kappa shape index (κ2) is 4.55. The number of nitrogens with zero attached hydrogens (tertiary/aromatic N) is 2. The Balaban J connectivity index is 2.07. The maximum atomic E-state index is 2.64. The number of aromatic nitrogens is 2. The molecule has 136 valence electrons. The molecule has 2 atom stereocenters. The number of rotatable bonds is 0. The van der Waals surface area contributed by atoms with Gasteiger partial charge in [-0.3, -0.25) is 0 Å². The Hall–Kier alpha value is -2.35. The number of benzene rings is 2. The Kier molecular flexibility index (Phi) is 2.64. The number of hydrogen-bond acceptors (Lipinski definition) is 0. The maximum absolute atomic E-state index is 2.64. The van der Waals surface area contributed by atoms with Gasteiger partial charge < -0.3 is 0 Å². The summed E-state index contributed by atoms with van der Waals surface area (Å²) >= 11 is 0. The molecule has 0 radical (unpaired) electrons. The van der Waals surface area contributed by atoms with Crippen molar-refractivity contribution in [2.45, 2.75) is 65.3 Å². The van der Waals surface area contributed by atoms with Crippen molar-refractivity contribution in [2.75, 3.05) is 0 Å². The molecule has 0 bridgehead atoms. The summed E-state index contributed by atoms with van der Waals surface area (Å²) in [5.74, 6) is 0.527. The standard InChI is InChI=1S/C25H27N2/c1-13-10-11-19-23-21(13)18-9-7-8-17-14(2)15(3)26-16(4)20(12-25(19,5)6)27(23)24(26)22(17)18/h7-11,14-15H,12H2,1-6H3/q+1. The molecule has 0 spiro atoms. The lowest BCUT2D eigenvalue weighted by atomic mass is 9.76. The molecule has 2 aromatic carbocycles. The molecule has 0 fully saturated rings. The van der Waals surface area contributed by atoms with Crippen LogP contribution in [0.1, 0.15) is 67.7 Å². The average Bonchev–Trinajstić information content (AvgIpc) is 2.91. The molecule has 0 amide bonds. The highest BCUT2D eigenvalue weighted by molar-refractivity contribution is 6.13. The van der Waals surface area contributed by atoms with E-state index in [9.17, 15) is 0 Å². The Morgan fingerprint density at radius 1 is 1.04 bits per heavy atom. The Labute approximate surface area is 160 Å². The van der Waals surface area contributed by atoms with Crippen LogP contribution >= 0.6 is 0 Å². The van der Waals surface area contributed by atoms with E-state index in [1.807, 2.05) is 0 Å². The topological polar surface area (TPSA) is 9.03 Å².